The summed E-state index contributed by atoms with van der Waals surface area (Å²) in [5.41, 5.74) is 2.48. The second kappa shape index (κ2) is 6.06. The smallest absolute Gasteiger partial charge is 0.0679 e. The summed E-state index contributed by atoms with van der Waals surface area (Å²) in [6, 6.07) is 6.02. The lowest BCUT2D eigenvalue weighted by molar-refractivity contribution is 0.0386. The largest absolute Gasteiger partial charge is 0.377 e. The van der Waals surface area contributed by atoms with E-state index in [1.54, 1.807) is 12.4 Å². The fourth-order valence-electron chi connectivity index (χ4n) is 3.71. The van der Waals surface area contributed by atoms with Gasteiger partial charge in [0.05, 0.1) is 17.5 Å². The van der Waals surface area contributed by atoms with Gasteiger partial charge in [0.1, 0.15) is 0 Å². The van der Waals surface area contributed by atoms with Gasteiger partial charge in [0.25, 0.3) is 0 Å². The van der Waals surface area contributed by atoms with Crippen LogP contribution in [0.15, 0.2) is 36.8 Å². The third kappa shape index (κ3) is 3.03. The molecule has 1 saturated heterocycles. The minimum absolute atomic E-state index is 0.267. The summed E-state index contributed by atoms with van der Waals surface area (Å²) in [5, 5.41) is 8.07. The molecule has 1 saturated carbocycles. The summed E-state index contributed by atoms with van der Waals surface area (Å²) in [4.78, 5) is 4.07. The van der Waals surface area contributed by atoms with Crippen LogP contribution in [0.3, 0.4) is 0 Å². The Bertz CT molecular complexity index is 652. The molecular weight excluding hydrogens is 288 g/mol. The number of hydrogen-bond acceptors (Lipinski definition) is 4. The highest BCUT2D eigenvalue weighted by molar-refractivity contribution is 5.30. The number of hydrogen-bond donors (Lipinski definition) is 1. The highest BCUT2D eigenvalue weighted by Gasteiger charge is 2.47. The molecule has 2 unspecified atom stereocenters. The molecule has 1 aliphatic heterocycles. The standard InChI is InChI=1S/C18H24N4O/c1-18(7-11-23-17(18)14-2-3-14)13-20-12-16-6-10-21-22(16)15-4-8-19-9-5-15/h4-6,8-10,14,17,20H,2-3,7,11-13H2,1H3. The third-order valence-electron chi connectivity index (χ3n) is 5.17. The van der Waals surface area contributed by atoms with Crippen LogP contribution in [0.25, 0.3) is 5.69 Å². The number of nitrogens with zero attached hydrogens (tertiary/aromatic N) is 3. The van der Waals surface area contributed by atoms with Gasteiger partial charge in [-0.05, 0) is 43.4 Å². The van der Waals surface area contributed by atoms with E-state index in [1.807, 2.05) is 23.0 Å². The predicted octanol–water partition coefficient (Wildman–Crippen LogP) is 2.56. The summed E-state index contributed by atoms with van der Waals surface area (Å²) < 4.78 is 7.98. The number of pyridine rings is 1. The molecule has 5 heteroatoms. The molecule has 3 heterocycles. The van der Waals surface area contributed by atoms with Crippen LogP contribution in [-0.4, -0.2) is 34.0 Å². The van der Waals surface area contributed by atoms with Crippen molar-refractivity contribution in [1.82, 2.24) is 20.1 Å². The Morgan fingerprint density at radius 2 is 2.09 bits per heavy atom. The van der Waals surface area contributed by atoms with Crippen molar-refractivity contribution in [1.29, 1.82) is 0 Å². The third-order valence-corrected chi connectivity index (χ3v) is 5.17. The molecule has 23 heavy (non-hydrogen) atoms. The minimum atomic E-state index is 0.267. The lowest BCUT2D eigenvalue weighted by Gasteiger charge is -2.30. The molecule has 0 aromatic carbocycles. The number of rotatable bonds is 6. The van der Waals surface area contributed by atoms with Gasteiger partial charge >= 0.3 is 0 Å². The number of nitrogens with one attached hydrogen (secondary N) is 1. The molecule has 0 bridgehead atoms. The van der Waals surface area contributed by atoms with Gasteiger partial charge in [-0.2, -0.15) is 5.10 Å². The Morgan fingerprint density at radius 3 is 2.87 bits per heavy atom. The van der Waals surface area contributed by atoms with Crippen molar-refractivity contribution in [3.63, 3.8) is 0 Å². The van der Waals surface area contributed by atoms with Crippen LogP contribution in [0.2, 0.25) is 0 Å². The molecule has 0 spiro atoms. The topological polar surface area (TPSA) is 52.0 Å². The highest BCUT2D eigenvalue weighted by Crippen LogP contribution is 2.47. The molecule has 122 valence electrons. The summed E-state index contributed by atoms with van der Waals surface area (Å²) in [5.74, 6) is 0.798. The first-order valence-corrected chi connectivity index (χ1v) is 8.52. The van der Waals surface area contributed by atoms with Crippen molar-refractivity contribution in [3.8, 4) is 5.69 Å². The number of aromatic nitrogens is 3. The Labute approximate surface area is 137 Å². The zero-order chi connectivity index (χ0) is 15.7. The van der Waals surface area contributed by atoms with Crippen LogP contribution < -0.4 is 5.32 Å². The van der Waals surface area contributed by atoms with Gasteiger partial charge in [0.15, 0.2) is 0 Å². The van der Waals surface area contributed by atoms with Gasteiger partial charge in [-0.1, -0.05) is 6.92 Å². The lowest BCUT2D eigenvalue weighted by Crippen LogP contribution is -2.39. The molecule has 1 N–H and O–H groups in total. The van der Waals surface area contributed by atoms with Crippen LogP contribution in [0.4, 0.5) is 0 Å². The Hall–Kier alpha value is -1.72. The molecule has 2 aliphatic rings. The van der Waals surface area contributed by atoms with Crippen molar-refractivity contribution in [3.05, 3.63) is 42.5 Å². The van der Waals surface area contributed by atoms with Crippen molar-refractivity contribution >= 4 is 0 Å². The first-order valence-electron chi connectivity index (χ1n) is 8.52. The maximum Gasteiger partial charge on any atom is 0.0679 e. The molecule has 2 atom stereocenters. The zero-order valence-electron chi connectivity index (χ0n) is 13.6. The lowest BCUT2D eigenvalue weighted by atomic mass is 9.81. The van der Waals surface area contributed by atoms with E-state index in [0.29, 0.717) is 6.10 Å². The van der Waals surface area contributed by atoms with E-state index in [-0.39, 0.29) is 5.41 Å². The summed E-state index contributed by atoms with van der Waals surface area (Å²) in [6.45, 7) is 5.09. The van der Waals surface area contributed by atoms with Gasteiger partial charge in [0, 0.05) is 43.7 Å². The van der Waals surface area contributed by atoms with Crippen molar-refractivity contribution in [2.24, 2.45) is 11.3 Å². The molecule has 5 nitrogen and oxygen atoms in total. The summed E-state index contributed by atoms with van der Waals surface area (Å²) in [7, 11) is 0. The van der Waals surface area contributed by atoms with Gasteiger partial charge < -0.3 is 10.1 Å². The molecule has 1 aliphatic carbocycles. The van der Waals surface area contributed by atoms with Gasteiger partial charge in [-0.25, -0.2) is 4.68 Å². The second-order valence-corrected chi connectivity index (χ2v) is 7.08. The molecular formula is C18H24N4O. The quantitative estimate of drug-likeness (QED) is 0.890. The maximum absolute atomic E-state index is 6.01. The first-order chi connectivity index (χ1) is 11.3. The second-order valence-electron chi connectivity index (χ2n) is 7.08. The monoisotopic (exact) mass is 312 g/mol. The molecule has 4 rings (SSSR count). The van der Waals surface area contributed by atoms with Crippen LogP contribution in [0.5, 0.6) is 0 Å². The van der Waals surface area contributed by atoms with E-state index in [1.165, 1.54) is 18.5 Å². The minimum Gasteiger partial charge on any atom is -0.377 e. The molecule has 2 aromatic heterocycles. The Balaban J connectivity index is 1.39. The Morgan fingerprint density at radius 1 is 1.26 bits per heavy atom. The summed E-state index contributed by atoms with van der Waals surface area (Å²) >= 11 is 0. The van der Waals surface area contributed by atoms with Crippen molar-refractivity contribution in [2.45, 2.75) is 38.8 Å². The van der Waals surface area contributed by atoms with Crippen LogP contribution in [0.1, 0.15) is 31.9 Å². The molecule has 2 fully saturated rings. The van der Waals surface area contributed by atoms with E-state index in [4.69, 9.17) is 4.74 Å². The SMILES string of the molecule is CC1(CNCc2ccnn2-c2ccncc2)CCOC1C1CC1. The fourth-order valence-corrected chi connectivity index (χ4v) is 3.71. The maximum atomic E-state index is 6.01. The first kappa shape index (κ1) is 14.8. The Kier molecular flexibility index (Phi) is 3.91. The van der Waals surface area contributed by atoms with Crippen LogP contribution in [-0.2, 0) is 11.3 Å². The molecule has 0 radical (unpaired) electrons. The van der Waals surface area contributed by atoms with E-state index < -0.39 is 0 Å². The van der Waals surface area contributed by atoms with E-state index in [0.717, 1.165) is 37.7 Å². The normalized spacial score (nSPS) is 27.4. The average molecular weight is 312 g/mol. The average Bonchev–Trinajstić information content (AvgIpc) is 3.17. The van der Waals surface area contributed by atoms with E-state index >= 15 is 0 Å². The fraction of sp³-hybridized carbons (Fsp3) is 0.556. The molecule has 0 amide bonds. The molecule has 2 aromatic rings. The van der Waals surface area contributed by atoms with Gasteiger partial charge in [-0.15, -0.1) is 0 Å². The highest BCUT2D eigenvalue weighted by atomic mass is 16.5. The number of ether oxygens (including phenoxy) is 1. The van der Waals surface area contributed by atoms with Gasteiger partial charge in [-0.3, -0.25) is 4.98 Å². The van der Waals surface area contributed by atoms with Crippen LogP contribution >= 0.6 is 0 Å². The summed E-state index contributed by atoms with van der Waals surface area (Å²) in [6.07, 6.45) is 9.73. The van der Waals surface area contributed by atoms with E-state index in [9.17, 15) is 0 Å². The zero-order valence-corrected chi connectivity index (χ0v) is 13.6. The van der Waals surface area contributed by atoms with Crippen LogP contribution in [0, 0.1) is 11.3 Å². The van der Waals surface area contributed by atoms with Gasteiger partial charge in [0.2, 0.25) is 0 Å². The van der Waals surface area contributed by atoms with E-state index in [2.05, 4.69) is 28.4 Å². The van der Waals surface area contributed by atoms with Crippen molar-refractivity contribution < 1.29 is 4.74 Å². The van der Waals surface area contributed by atoms with Crippen molar-refractivity contribution in [2.75, 3.05) is 13.2 Å². The predicted molar refractivity (Wildman–Crippen MR) is 88.3 cm³/mol.